The summed E-state index contributed by atoms with van der Waals surface area (Å²) in [6.45, 7) is 3.35. The van der Waals surface area contributed by atoms with Crippen molar-refractivity contribution >= 4 is 17.2 Å². The van der Waals surface area contributed by atoms with Crippen molar-refractivity contribution < 1.29 is 4.79 Å². The van der Waals surface area contributed by atoms with Crippen molar-refractivity contribution in [2.45, 2.75) is 19.4 Å². The molecule has 5 heteroatoms. The van der Waals surface area contributed by atoms with Crippen LogP contribution in [0.4, 0.5) is 0 Å². The fraction of sp³-hybridized carbons (Fsp3) is 0.375. The van der Waals surface area contributed by atoms with Gasteiger partial charge in [-0.1, -0.05) is 12.1 Å². The molecule has 1 saturated heterocycles. The fourth-order valence-corrected chi connectivity index (χ4v) is 3.27. The molecule has 1 amide bonds. The minimum absolute atomic E-state index is 0.180. The monoisotopic (exact) mass is 301 g/mol. The van der Waals surface area contributed by atoms with Crippen molar-refractivity contribution in [1.82, 2.24) is 9.47 Å². The first-order valence-corrected chi connectivity index (χ1v) is 8.11. The maximum Gasteiger partial charge on any atom is 0.279 e. The van der Waals surface area contributed by atoms with E-state index in [1.54, 1.807) is 0 Å². The van der Waals surface area contributed by atoms with Crippen molar-refractivity contribution in [2.75, 3.05) is 13.1 Å². The summed E-state index contributed by atoms with van der Waals surface area (Å²) in [5.41, 5.74) is 1.91. The van der Waals surface area contributed by atoms with Gasteiger partial charge in [-0.05, 0) is 43.6 Å². The van der Waals surface area contributed by atoms with Crippen LogP contribution in [0.2, 0.25) is 0 Å². The molecular weight excluding hydrogens is 282 g/mol. The maximum atomic E-state index is 12.1. The van der Waals surface area contributed by atoms with E-state index in [0.29, 0.717) is 5.56 Å². The van der Waals surface area contributed by atoms with E-state index >= 15 is 0 Å². The number of likely N-dealkylation sites (tertiary alicyclic amines) is 1. The van der Waals surface area contributed by atoms with Gasteiger partial charge < -0.3 is 4.57 Å². The van der Waals surface area contributed by atoms with Crippen LogP contribution in [0.1, 0.15) is 28.8 Å². The SMILES string of the molecule is Cn1ccsc1=NC(=O)c1ccc(CN2CCCC2)cc1. The quantitative estimate of drug-likeness (QED) is 0.873. The highest BCUT2D eigenvalue weighted by atomic mass is 32.1. The zero-order chi connectivity index (χ0) is 14.7. The minimum atomic E-state index is -0.180. The van der Waals surface area contributed by atoms with Crippen LogP contribution < -0.4 is 4.80 Å². The Bertz CT molecular complexity index is 678. The van der Waals surface area contributed by atoms with E-state index in [-0.39, 0.29) is 5.91 Å². The van der Waals surface area contributed by atoms with Crippen LogP contribution in [0.5, 0.6) is 0 Å². The molecule has 0 aliphatic carbocycles. The summed E-state index contributed by atoms with van der Waals surface area (Å²) in [6.07, 6.45) is 4.50. The third-order valence-corrected chi connectivity index (χ3v) is 4.61. The highest BCUT2D eigenvalue weighted by Crippen LogP contribution is 2.13. The molecule has 0 bridgehead atoms. The Morgan fingerprint density at radius 3 is 2.57 bits per heavy atom. The van der Waals surface area contributed by atoms with Crippen LogP contribution in [0, 0.1) is 0 Å². The van der Waals surface area contributed by atoms with E-state index in [1.165, 1.54) is 42.8 Å². The topological polar surface area (TPSA) is 37.6 Å². The lowest BCUT2D eigenvalue weighted by Crippen LogP contribution is -2.18. The predicted octanol–water partition coefficient (Wildman–Crippen LogP) is 2.42. The number of hydrogen-bond acceptors (Lipinski definition) is 3. The molecule has 2 heterocycles. The van der Waals surface area contributed by atoms with Gasteiger partial charge in [0.1, 0.15) is 0 Å². The molecule has 0 N–H and O–H groups in total. The Kier molecular flexibility index (Phi) is 4.31. The number of benzene rings is 1. The molecule has 110 valence electrons. The van der Waals surface area contributed by atoms with Gasteiger partial charge >= 0.3 is 0 Å². The molecule has 1 aliphatic rings. The number of amides is 1. The number of aromatic nitrogens is 1. The molecule has 2 aromatic rings. The van der Waals surface area contributed by atoms with Gasteiger partial charge in [0.05, 0.1) is 0 Å². The Hall–Kier alpha value is -1.72. The first kappa shape index (κ1) is 14.2. The molecule has 0 unspecified atom stereocenters. The Labute approximate surface area is 128 Å². The summed E-state index contributed by atoms with van der Waals surface area (Å²) in [6, 6.07) is 7.83. The van der Waals surface area contributed by atoms with E-state index in [9.17, 15) is 4.79 Å². The van der Waals surface area contributed by atoms with E-state index in [0.717, 1.165) is 11.3 Å². The zero-order valence-electron chi connectivity index (χ0n) is 12.2. The average molecular weight is 301 g/mol. The third-order valence-electron chi connectivity index (χ3n) is 3.76. The molecule has 0 spiro atoms. The summed E-state index contributed by atoms with van der Waals surface area (Å²) in [5, 5.41) is 1.92. The van der Waals surface area contributed by atoms with Gasteiger partial charge in [-0.25, -0.2) is 0 Å². The van der Waals surface area contributed by atoms with Crippen LogP contribution in [0.25, 0.3) is 0 Å². The Morgan fingerprint density at radius 2 is 1.95 bits per heavy atom. The first-order chi connectivity index (χ1) is 10.2. The number of thiazole rings is 1. The summed E-state index contributed by atoms with van der Waals surface area (Å²) in [7, 11) is 1.89. The number of aryl methyl sites for hydroxylation is 1. The average Bonchev–Trinajstić information content (AvgIpc) is 3.12. The molecule has 0 radical (unpaired) electrons. The second kappa shape index (κ2) is 6.37. The molecule has 1 aromatic heterocycles. The van der Waals surface area contributed by atoms with Gasteiger partial charge in [0.2, 0.25) is 0 Å². The predicted molar refractivity (Wildman–Crippen MR) is 84.1 cm³/mol. The largest absolute Gasteiger partial charge is 0.327 e. The van der Waals surface area contributed by atoms with Gasteiger partial charge in [0.25, 0.3) is 5.91 Å². The van der Waals surface area contributed by atoms with Crippen molar-refractivity contribution in [1.29, 1.82) is 0 Å². The van der Waals surface area contributed by atoms with E-state index in [2.05, 4.69) is 9.89 Å². The van der Waals surface area contributed by atoms with E-state index < -0.39 is 0 Å². The van der Waals surface area contributed by atoms with Gasteiger partial charge in [-0.2, -0.15) is 4.99 Å². The molecule has 3 rings (SSSR count). The van der Waals surface area contributed by atoms with Crippen LogP contribution >= 0.6 is 11.3 Å². The van der Waals surface area contributed by atoms with Gasteiger partial charge in [0.15, 0.2) is 4.80 Å². The third kappa shape index (κ3) is 3.49. The summed E-state index contributed by atoms with van der Waals surface area (Å²) in [4.78, 5) is 19.5. The van der Waals surface area contributed by atoms with Gasteiger partial charge in [0, 0.05) is 30.7 Å². The molecule has 1 aliphatic heterocycles. The summed E-state index contributed by atoms with van der Waals surface area (Å²) < 4.78 is 1.85. The normalized spacial score (nSPS) is 16.5. The smallest absolute Gasteiger partial charge is 0.279 e. The molecule has 0 atom stereocenters. The number of hydrogen-bond donors (Lipinski definition) is 0. The summed E-state index contributed by atoms with van der Waals surface area (Å²) in [5.74, 6) is -0.180. The molecular formula is C16H19N3OS. The summed E-state index contributed by atoms with van der Waals surface area (Å²) >= 11 is 1.47. The molecule has 1 aromatic carbocycles. The van der Waals surface area contributed by atoms with Crippen molar-refractivity contribution in [2.24, 2.45) is 12.0 Å². The van der Waals surface area contributed by atoms with E-state index in [4.69, 9.17) is 0 Å². The van der Waals surface area contributed by atoms with E-state index in [1.807, 2.05) is 47.5 Å². The van der Waals surface area contributed by atoms with Gasteiger partial charge in [-0.3, -0.25) is 9.69 Å². The molecule has 1 fully saturated rings. The van der Waals surface area contributed by atoms with Crippen LogP contribution in [0.15, 0.2) is 40.8 Å². The highest BCUT2D eigenvalue weighted by Gasteiger charge is 2.12. The van der Waals surface area contributed by atoms with Gasteiger partial charge in [-0.15, -0.1) is 11.3 Å². The highest BCUT2D eigenvalue weighted by molar-refractivity contribution is 7.07. The number of rotatable bonds is 3. The Morgan fingerprint density at radius 1 is 1.24 bits per heavy atom. The Balaban J connectivity index is 1.71. The zero-order valence-corrected chi connectivity index (χ0v) is 13.0. The second-order valence-electron chi connectivity index (χ2n) is 5.39. The van der Waals surface area contributed by atoms with Crippen molar-refractivity contribution in [3.05, 3.63) is 51.8 Å². The number of carbonyl (C=O) groups excluding carboxylic acids is 1. The fourth-order valence-electron chi connectivity index (χ4n) is 2.54. The number of carbonyl (C=O) groups is 1. The standard InChI is InChI=1S/C16H19N3OS/c1-18-10-11-21-16(18)17-15(20)14-6-4-13(5-7-14)12-19-8-2-3-9-19/h4-7,10-11H,2-3,8-9,12H2,1H3. The van der Waals surface area contributed by atoms with Crippen molar-refractivity contribution in [3.8, 4) is 0 Å². The number of nitrogens with zero attached hydrogens (tertiary/aromatic N) is 3. The van der Waals surface area contributed by atoms with Crippen LogP contribution in [-0.4, -0.2) is 28.5 Å². The second-order valence-corrected chi connectivity index (χ2v) is 6.27. The lowest BCUT2D eigenvalue weighted by Gasteiger charge is -2.14. The molecule has 0 saturated carbocycles. The first-order valence-electron chi connectivity index (χ1n) is 7.23. The minimum Gasteiger partial charge on any atom is -0.327 e. The maximum absolute atomic E-state index is 12.1. The lowest BCUT2D eigenvalue weighted by atomic mass is 10.1. The molecule has 4 nitrogen and oxygen atoms in total. The van der Waals surface area contributed by atoms with Crippen LogP contribution in [-0.2, 0) is 13.6 Å². The lowest BCUT2D eigenvalue weighted by molar-refractivity contribution is 0.0998. The molecule has 21 heavy (non-hydrogen) atoms. The van der Waals surface area contributed by atoms with Crippen molar-refractivity contribution in [3.63, 3.8) is 0 Å². The van der Waals surface area contributed by atoms with Crippen LogP contribution in [0.3, 0.4) is 0 Å².